The number of aromatic nitrogens is 2. The fraction of sp³-hybridized carbons (Fsp3) is 0.167. The minimum absolute atomic E-state index is 0.372. The van der Waals surface area contributed by atoms with E-state index < -0.39 is 0 Å². The quantitative estimate of drug-likeness (QED) is 0.685. The molecule has 0 atom stereocenters. The summed E-state index contributed by atoms with van der Waals surface area (Å²) >= 11 is 7.66. The predicted molar refractivity (Wildman–Crippen MR) is 72.2 cm³/mol. The van der Waals surface area contributed by atoms with Gasteiger partial charge in [0.2, 0.25) is 0 Å². The van der Waals surface area contributed by atoms with Gasteiger partial charge in [-0.3, -0.25) is 0 Å². The van der Waals surface area contributed by atoms with E-state index >= 15 is 0 Å². The SMILES string of the molecule is CSc1ncc(-c2ccccc2Cl)c(CN)n1. The molecule has 17 heavy (non-hydrogen) atoms. The van der Waals surface area contributed by atoms with Gasteiger partial charge in [0.1, 0.15) is 0 Å². The largest absolute Gasteiger partial charge is 0.325 e. The topological polar surface area (TPSA) is 51.8 Å². The monoisotopic (exact) mass is 265 g/mol. The Morgan fingerprint density at radius 1 is 1.29 bits per heavy atom. The molecule has 0 bridgehead atoms. The molecule has 0 aliphatic carbocycles. The third kappa shape index (κ3) is 2.60. The van der Waals surface area contributed by atoms with E-state index in [0.717, 1.165) is 22.0 Å². The fourth-order valence-corrected chi connectivity index (χ4v) is 2.15. The smallest absolute Gasteiger partial charge is 0.187 e. The summed E-state index contributed by atoms with van der Waals surface area (Å²) < 4.78 is 0. The van der Waals surface area contributed by atoms with Crippen molar-refractivity contribution in [1.82, 2.24) is 9.97 Å². The van der Waals surface area contributed by atoms with Crippen molar-refractivity contribution in [3.63, 3.8) is 0 Å². The van der Waals surface area contributed by atoms with Gasteiger partial charge in [-0.15, -0.1) is 0 Å². The maximum Gasteiger partial charge on any atom is 0.187 e. The van der Waals surface area contributed by atoms with Gasteiger partial charge in [0, 0.05) is 28.9 Å². The highest BCUT2D eigenvalue weighted by atomic mass is 35.5. The van der Waals surface area contributed by atoms with Crippen LogP contribution in [0, 0.1) is 0 Å². The average molecular weight is 266 g/mol. The van der Waals surface area contributed by atoms with Crippen LogP contribution >= 0.6 is 23.4 Å². The van der Waals surface area contributed by atoms with Crippen molar-refractivity contribution in [2.45, 2.75) is 11.7 Å². The Bertz CT molecular complexity index is 531. The summed E-state index contributed by atoms with van der Waals surface area (Å²) in [6.45, 7) is 0.372. The van der Waals surface area contributed by atoms with Gasteiger partial charge in [0.25, 0.3) is 0 Å². The lowest BCUT2D eigenvalue weighted by atomic mass is 10.1. The van der Waals surface area contributed by atoms with Crippen LogP contribution in [0.25, 0.3) is 11.1 Å². The number of nitrogens with two attached hydrogens (primary N) is 1. The number of hydrogen-bond donors (Lipinski definition) is 1. The van der Waals surface area contributed by atoms with Gasteiger partial charge in [0.05, 0.1) is 5.69 Å². The third-order valence-corrected chi connectivity index (χ3v) is 3.28. The van der Waals surface area contributed by atoms with E-state index in [1.54, 1.807) is 6.20 Å². The van der Waals surface area contributed by atoms with Crippen LogP contribution in [0.4, 0.5) is 0 Å². The van der Waals surface area contributed by atoms with Gasteiger partial charge < -0.3 is 5.73 Å². The number of halogens is 1. The number of benzene rings is 1. The molecule has 3 nitrogen and oxygen atoms in total. The second-order valence-electron chi connectivity index (χ2n) is 3.40. The minimum atomic E-state index is 0.372. The van der Waals surface area contributed by atoms with Crippen molar-refractivity contribution < 1.29 is 0 Å². The zero-order chi connectivity index (χ0) is 12.3. The van der Waals surface area contributed by atoms with E-state index in [4.69, 9.17) is 17.3 Å². The Kier molecular flexibility index (Phi) is 3.99. The Morgan fingerprint density at radius 3 is 2.71 bits per heavy atom. The van der Waals surface area contributed by atoms with E-state index in [1.807, 2.05) is 30.5 Å². The van der Waals surface area contributed by atoms with Crippen molar-refractivity contribution in [2.24, 2.45) is 5.73 Å². The molecule has 0 unspecified atom stereocenters. The highest BCUT2D eigenvalue weighted by Crippen LogP contribution is 2.29. The van der Waals surface area contributed by atoms with Crippen LogP contribution in [-0.4, -0.2) is 16.2 Å². The maximum atomic E-state index is 6.16. The first-order chi connectivity index (χ1) is 8.26. The number of rotatable bonds is 3. The van der Waals surface area contributed by atoms with Crippen molar-refractivity contribution in [3.8, 4) is 11.1 Å². The molecule has 0 spiro atoms. The second kappa shape index (κ2) is 5.49. The predicted octanol–water partition coefficient (Wildman–Crippen LogP) is 2.98. The molecule has 0 saturated carbocycles. The van der Waals surface area contributed by atoms with Crippen molar-refractivity contribution >= 4 is 23.4 Å². The van der Waals surface area contributed by atoms with Crippen LogP contribution < -0.4 is 5.73 Å². The van der Waals surface area contributed by atoms with Gasteiger partial charge in [0.15, 0.2) is 5.16 Å². The first-order valence-electron chi connectivity index (χ1n) is 5.11. The van der Waals surface area contributed by atoms with Crippen LogP contribution in [0.1, 0.15) is 5.69 Å². The lowest BCUT2D eigenvalue weighted by molar-refractivity contribution is 0.880. The standard InChI is InChI=1S/C12H12ClN3S/c1-17-12-15-7-9(11(6-14)16-12)8-4-2-3-5-10(8)13/h2-5,7H,6,14H2,1H3. The highest BCUT2D eigenvalue weighted by molar-refractivity contribution is 7.98. The highest BCUT2D eigenvalue weighted by Gasteiger charge is 2.10. The van der Waals surface area contributed by atoms with Gasteiger partial charge >= 0.3 is 0 Å². The molecule has 0 aliphatic heterocycles. The van der Waals surface area contributed by atoms with Crippen molar-refractivity contribution in [3.05, 3.63) is 41.2 Å². The minimum Gasteiger partial charge on any atom is -0.325 e. The average Bonchev–Trinajstić information content (AvgIpc) is 2.38. The Morgan fingerprint density at radius 2 is 2.06 bits per heavy atom. The lowest BCUT2D eigenvalue weighted by Crippen LogP contribution is -2.04. The molecular formula is C12H12ClN3S. The maximum absolute atomic E-state index is 6.16. The van der Waals surface area contributed by atoms with Crippen LogP contribution in [0.5, 0.6) is 0 Å². The molecule has 1 heterocycles. The molecule has 2 rings (SSSR count). The summed E-state index contributed by atoms with van der Waals surface area (Å²) in [5, 5.41) is 1.41. The molecule has 0 amide bonds. The van der Waals surface area contributed by atoms with Gasteiger partial charge in [-0.25, -0.2) is 9.97 Å². The van der Waals surface area contributed by atoms with Gasteiger partial charge in [-0.2, -0.15) is 0 Å². The zero-order valence-corrected chi connectivity index (χ0v) is 10.9. The van der Waals surface area contributed by atoms with E-state index in [1.165, 1.54) is 11.8 Å². The Balaban J connectivity index is 2.56. The molecule has 0 radical (unpaired) electrons. The van der Waals surface area contributed by atoms with Crippen LogP contribution in [-0.2, 0) is 6.54 Å². The van der Waals surface area contributed by atoms with E-state index in [9.17, 15) is 0 Å². The van der Waals surface area contributed by atoms with E-state index in [2.05, 4.69) is 9.97 Å². The lowest BCUT2D eigenvalue weighted by Gasteiger charge is -2.09. The second-order valence-corrected chi connectivity index (χ2v) is 4.58. The number of nitrogens with zero attached hydrogens (tertiary/aromatic N) is 2. The van der Waals surface area contributed by atoms with Gasteiger partial charge in [-0.1, -0.05) is 41.6 Å². The molecule has 5 heteroatoms. The first-order valence-corrected chi connectivity index (χ1v) is 6.71. The van der Waals surface area contributed by atoms with E-state index in [-0.39, 0.29) is 0 Å². The summed E-state index contributed by atoms with van der Waals surface area (Å²) in [5.41, 5.74) is 8.35. The third-order valence-electron chi connectivity index (χ3n) is 2.39. The van der Waals surface area contributed by atoms with Crippen molar-refractivity contribution in [2.75, 3.05) is 6.26 Å². The molecule has 2 aromatic rings. The molecule has 2 N–H and O–H groups in total. The Labute approximate surface area is 109 Å². The first kappa shape index (κ1) is 12.4. The molecule has 1 aromatic heterocycles. The molecule has 0 saturated heterocycles. The van der Waals surface area contributed by atoms with Crippen LogP contribution in [0.3, 0.4) is 0 Å². The summed E-state index contributed by atoms with van der Waals surface area (Å²) in [6, 6.07) is 7.62. The summed E-state index contributed by atoms with van der Waals surface area (Å²) in [5.74, 6) is 0. The fourth-order valence-electron chi connectivity index (χ4n) is 1.56. The van der Waals surface area contributed by atoms with E-state index in [0.29, 0.717) is 11.6 Å². The van der Waals surface area contributed by atoms with Crippen LogP contribution in [0.15, 0.2) is 35.6 Å². The number of hydrogen-bond acceptors (Lipinski definition) is 4. The molecule has 0 fully saturated rings. The van der Waals surface area contributed by atoms with Crippen molar-refractivity contribution in [1.29, 1.82) is 0 Å². The summed E-state index contributed by atoms with van der Waals surface area (Å²) in [4.78, 5) is 8.66. The summed E-state index contributed by atoms with van der Waals surface area (Å²) in [6.07, 6.45) is 3.72. The number of thioether (sulfide) groups is 1. The molecule has 1 aromatic carbocycles. The van der Waals surface area contributed by atoms with Gasteiger partial charge in [-0.05, 0) is 12.3 Å². The van der Waals surface area contributed by atoms with Crippen LogP contribution in [0.2, 0.25) is 5.02 Å². The zero-order valence-electron chi connectivity index (χ0n) is 9.35. The normalized spacial score (nSPS) is 10.5. The molecule has 88 valence electrons. The summed E-state index contributed by atoms with van der Waals surface area (Å²) in [7, 11) is 0. The molecular weight excluding hydrogens is 254 g/mol. The Hall–Kier alpha value is -1.10. The molecule has 0 aliphatic rings.